The molecule has 0 amide bonds. The lowest BCUT2D eigenvalue weighted by atomic mass is 9.75. The number of hydrogen-bond acceptors (Lipinski definition) is 4. The van der Waals surface area contributed by atoms with Gasteiger partial charge in [-0.2, -0.15) is 0 Å². The minimum absolute atomic E-state index is 0. The molecule has 16 heavy (non-hydrogen) atoms. The SMILES string of the molecule is CS(=O)(=O)N1CC2CCNCC2(CO)C1.Cl. The van der Waals surface area contributed by atoms with Crippen LogP contribution in [0.5, 0.6) is 0 Å². The monoisotopic (exact) mass is 270 g/mol. The Bertz CT molecular complexity index is 349. The van der Waals surface area contributed by atoms with Crippen molar-refractivity contribution in [3.8, 4) is 0 Å². The van der Waals surface area contributed by atoms with Gasteiger partial charge in [0.1, 0.15) is 0 Å². The number of fused-ring (bicyclic) bond motifs is 1. The standard InChI is InChI=1S/C9H18N2O3S.ClH/c1-15(13,14)11-4-8-2-3-10-5-9(8,6-11)7-12;/h8,10,12H,2-7H2,1H3;1H. The molecule has 0 aromatic carbocycles. The molecule has 0 aromatic rings. The maximum atomic E-state index is 11.5. The molecule has 2 saturated heterocycles. The summed E-state index contributed by atoms with van der Waals surface area (Å²) in [5, 5.41) is 12.7. The zero-order chi connectivity index (χ0) is 11.1. The molecule has 0 radical (unpaired) electrons. The van der Waals surface area contributed by atoms with Gasteiger partial charge in [-0.3, -0.25) is 0 Å². The van der Waals surface area contributed by atoms with E-state index in [4.69, 9.17) is 0 Å². The third kappa shape index (κ3) is 2.36. The third-order valence-electron chi connectivity index (χ3n) is 3.71. The summed E-state index contributed by atoms with van der Waals surface area (Å²) in [6.07, 6.45) is 2.19. The highest BCUT2D eigenvalue weighted by Gasteiger charge is 2.49. The third-order valence-corrected chi connectivity index (χ3v) is 4.93. The number of nitrogens with one attached hydrogen (secondary N) is 1. The highest BCUT2D eigenvalue weighted by Crippen LogP contribution is 2.40. The van der Waals surface area contributed by atoms with Crippen LogP contribution in [0.15, 0.2) is 0 Å². The number of nitrogens with zero attached hydrogens (tertiary/aromatic N) is 1. The molecule has 7 heteroatoms. The topological polar surface area (TPSA) is 69.6 Å². The molecule has 0 spiro atoms. The van der Waals surface area contributed by atoms with Crippen LogP contribution in [0.2, 0.25) is 0 Å². The van der Waals surface area contributed by atoms with Crippen molar-refractivity contribution in [2.45, 2.75) is 6.42 Å². The Kier molecular flexibility index (Phi) is 4.23. The molecule has 2 N–H and O–H groups in total. The average Bonchev–Trinajstić information content (AvgIpc) is 2.57. The van der Waals surface area contributed by atoms with E-state index in [2.05, 4.69) is 5.32 Å². The molecule has 2 unspecified atom stereocenters. The second-order valence-corrected chi connectivity index (χ2v) is 6.72. The summed E-state index contributed by atoms with van der Waals surface area (Å²) >= 11 is 0. The van der Waals surface area contributed by atoms with Gasteiger partial charge in [0.2, 0.25) is 10.0 Å². The Morgan fingerprint density at radius 2 is 2.25 bits per heavy atom. The highest BCUT2D eigenvalue weighted by atomic mass is 35.5. The fraction of sp³-hybridized carbons (Fsp3) is 1.00. The molecule has 2 aliphatic heterocycles. The summed E-state index contributed by atoms with van der Waals surface area (Å²) in [4.78, 5) is 0. The molecule has 0 bridgehead atoms. The maximum absolute atomic E-state index is 11.5. The van der Waals surface area contributed by atoms with Gasteiger partial charge in [-0.1, -0.05) is 0 Å². The summed E-state index contributed by atoms with van der Waals surface area (Å²) in [6.45, 7) is 2.74. The first-order chi connectivity index (χ1) is 6.98. The highest BCUT2D eigenvalue weighted by molar-refractivity contribution is 7.88. The van der Waals surface area contributed by atoms with Gasteiger partial charge in [-0.15, -0.1) is 12.4 Å². The maximum Gasteiger partial charge on any atom is 0.211 e. The summed E-state index contributed by atoms with van der Waals surface area (Å²) < 4.78 is 24.4. The fourth-order valence-electron chi connectivity index (χ4n) is 2.68. The molecular weight excluding hydrogens is 252 g/mol. The van der Waals surface area contributed by atoms with Crippen LogP contribution in [0.1, 0.15) is 6.42 Å². The van der Waals surface area contributed by atoms with Crippen molar-refractivity contribution in [2.75, 3.05) is 39.0 Å². The molecule has 0 aliphatic carbocycles. The first-order valence-electron chi connectivity index (χ1n) is 5.25. The summed E-state index contributed by atoms with van der Waals surface area (Å²) in [5.74, 6) is 0.304. The van der Waals surface area contributed by atoms with Crippen molar-refractivity contribution in [2.24, 2.45) is 11.3 Å². The molecule has 2 rings (SSSR count). The Balaban J connectivity index is 0.00000128. The summed E-state index contributed by atoms with van der Waals surface area (Å²) in [5.41, 5.74) is -0.249. The second kappa shape index (κ2) is 4.78. The number of halogens is 1. The van der Waals surface area contributed by atoms with Crippen LogP contribution >= 0.6 is 12.4 Å². The Morgan fingerprint density at radius 3 is 2.75 bits per heavy atom. The van der Waals surface area contributed by atoms with Crippen LogP contribution in [-0.4, -0.2) is 56.9 Å². The second-order valence-electron chi connectivity index (χ2n) is 4.74. The van der Waals surface area contributed by atoms with Crippen LogP contribution < -0.4 is 5.32 Å². The molecule has 2 aliphatic rings. The Morgan fingerprint density at radius 1 is 1.56 bits per heavy atom. The smallest absolute Gasteiger partial charge is 0.211 e. The quantitative estimate of drug-likeness (QED) is 0.694. The van der Waals surface area contributed by atoms with E-state index >= 15 is 0 Å². The van der Waals surface area contributed by atoms with Crippen molar-refractivity contribution in [1.29, 1.82) is 0 Å². The zero-order valence-corrected chi connectivity index (χ0v) is 11.0. The van der Waals surface area contributed by atoms with E-state index in [0.29, 0.717) is 19.0 Å². The van der Waals surface area contributed by atoms with Crippen molar-refractivity contribution in [1.82, 2.24) is 9.62 Å². The normalized spacial score (nSPS) is 35.5. The van der Waals surface area contributed by atoms with E-state index < -0.39 is 10.0 Å². The molecule has 2 fully saturated rings. The van der Waals surface area contributed by atoms with Gasteiger partial charge < -0.3 is 10.4 Å². The molecule has 0 aromatic heterocycles. The number of rotatable bonds is 2. The van der Waals surface area contributed by atoms with Gasteiger partial charge in [0.25, 0.3) is 0 Å². The predicted molar refractivity (Wildman–Crippen MR) is 64.2 cm³/mol. The first kappa shape index (κ1) is 14.2. The number of aliphatic hydroxyl groups excluding tert-OH is 1. The van der Waals surface area contributed by atoms with E-state index in [1.165, 1.54) is 10.6 Å². The van der Waals surface area contributed by atoms with E-state index in [0.717, 1.165) is 19.5 Å². The molecule has 96 valence electrons. The Hall–Kier alpha value is 0.120. The van der Waals surface area contributed by atoms with Crippen LogP contribution in [0.4, 0.5) is 0 Å². The predicted octanol–water partition coefficient (Wildman–Crippen LogP) is -0.728. The van der Waals surface area contributed by atoms with Crippen LogP contribution in [0.25, 0.3) is 0 Å². The minimum atomic E-state index is -3.11. The molecule has 2 atom stereocenters. The van der Waals surface area contributed by atoms with Crippen molar-refractivity contribution in [3.63, 3.8) is 0 Å². The van der Waals surface area contributed by atoms with E-state index in [-0.39, 0.29) is 24.4 Å². The molecule has 0 saturated carbocycles. The van der Waals surface area contributed by atoms with Crippen LogP contribution in [0, 0.1) is 11.3 Å². The van der Waals surface area contributed by atoms with Crippen LogP contribution in [-0.2, 0) is 10.0 Å². The van der Waals surface area contributed by atoms with E-state index in [1.807, 2.05) is 0 Å². The fourth-order valence-corrected chi connectivity index (χ4v) is 3.63. The van der Waals surface area contributed by atoms with Gasteiger partial charge in [0, 0.05) is 25.0 Å². The van der Waals surface area contributed by atoms with E-state index in [1.54, 1.807) is 0 Å². The van der Waals surface area contributed by atoms with Crippen molar-refractivity contribution >= 4 is 22.4 Å². The van der Waals surface area contributed by atoms with Gasteiger partial charge >= 0.3 is 0 Å². The lowest BCUT2D eigenvalue weighted by Gasteiger charge is -2.37. The van der Waals surface area contributed by atoms with Gasteiger partial charge in [-0.25, -0.2) is 12.7 Å². The van der Waals surface area contributed by atoms with Gasteiger partial charge in [0.05, 0.1) is 12.9 Å². The molecule has 2 heterocycles. The average molecular weight is 271 g/mol. The van der Waals surface area contributed by atoms with Gasteiger partial charge in [-0.05, 0) is 18.9 Å². The Labute approximate surface area is 103 Å². The van der Waals surface area contributed by atoms with E-state index in [9.17, 15) is 13.5 Å². The zero-order valence-electron chi connectivity index (χ0n) is 9.35. The molecule has 5 nitrogen and oxygen atoms in total. The lowest BCUT2D eigenvalue weighted by Crippen LogP contribution is -2.48. The summed E-state index contributed by atoms with van der Waals surface area (Å²) in [7, 11) is -3.11. The number of hydrogen-bond donors (Lipinski definition) is 2. The van der Waals surface area contributed by atoms with Crippen molar-refractivity contribution < 1.29 is 13.5 Å². The van der Waals surface area contributed by atoms with Crippen molar-refractivity contribution in [3.05, 3.63) is 0 Å². The minimum Gasteiger partial charge on any atom is -0.396 e. The van der Waals surface area contributed by atoms with Gasteiger partial charge in [0.15, 0.2) is 0 Å². The number of aliphatic hydroxyl groups is 1. The lowest BCUT2D eigenvalue weighted by molar-refractivity contribution is 0.0734. The number of sulfonamides is 1. The largest absolute Gasteiger partial charge is 0.396 e. The summed E-state index contributed by atoms with van der Waals surface area (Å²) in [6, 6.07) is 0. The number of piperidine rings is 1. The first-order valence-corrected chi connectivity index (χ1v) is 7.09. The molecular formula is C9H19ClN2O3S. The van der Waals surface area contributed by atoms with Crippen LogP contribution in [0.3, 0.4) is 0 Å².